The number of hydrogen-bond donors (Lipinski definition) is 1. The first-order valence-electron chi connectivity index (χ1n) is 9.59. The van der Waals surface area contributed by atoms with Gasteiger partial charge in [0.05, 0.1) is 32.8 Å². The third kappa shape index (κ3) is 4.23. The molecule has 146 valence electrons. The number of piperazine rings is 1. The Balaban J connectivity index is 1.39. The van der Waals surface area contributed by atoms with Crippen LogP contribution in [0.2, 0.25) is 0 Å². The van der Waals surface area contributed by atoms with Crippen LogP contribution >= 0.6 is 12.2 Å². The lowest BCUT2D eigenvalue weighted by molar-refractivity contribution is -0.924. The Morgan fingerprint density at radius 3 is 2.54 bits per heavy atom. The number of H-pyrrole nitrogens is 1. The van der Waals surface area contributed by atoms with Crippen LogP contribution in [0.3, 0.4) is 0 Å². The van der Waals surface area contributed by atoms with Gasteiger partial charge in [0.1, 0.15) is 5.75 Å². The Morgan fingerprint density at radius 1 is 1.14 bits per heavy atom. The highest BCUT2D eigenvalue weighted by molar-refractivity contribution is 7.71. The van der Waals surface area contributed by atoms with E-state index >= 15 is 0 Å². The molecule has 4 rings (SSSR count). The van der Waals surface area contributed by atoms with Crippen LogP contribution in [0, 0.1) is 4.84 Å². The van der Waals surface area contributed by atoms with Gasteiger partial charge in [-0.2, -0.15) is 4.68 Å². The first-order valence-corrected chi connectivity index (χ1v) is 9.99. The summed E-state index contributed by atoms with van der Waals surface area (Å²) in [7, 11) is 0. The Bertz CT molecular complexity index is 947. The average molecular weight is 400 g/mol. The lowest BCUT2D eigenvalue weighted by Gasteiger charge is -2.32. The molecule has 0 bridgehead atoms. The van der Waals surface area contributed by atoms with E-state index in [0.29, 0.717) is 17.3 Å². The van der Waals surface area contributed by atoms with Crippen molar-refractivity contribution in [1.29, 1.82) is 0 Å². The maximum Gasteiger partial charge on any atom is 0.292 e. The summed E-state index contributed by atoms with van der Waals surface area (Å²) in [6, 6.07) is 12.0. The summed E-state index contributed by atoms with van der Waals surface area (Å²) in [5, 5.41) is 4.59. The summed E-state index contributed by atoms with van der Waals surface area (Å²) in [6.45, 7) is 7.42. The molecular formula is C20H25N5O2S+2. The van der Waals surface area contributed by atoms with Crippen molar-refractivity contribution in [1.82, 2.24) is 9.78 Å². The van der Waals surface area contributed by atoms with Crippen LogP contribution in [0.25, 0.3) is 11.5 Å². The van der Waals surface area contributed by atoms with Crippen LogP contribution in [0.15, 0.2) is 53.2 Å². The fraction of sp³-hybridized carbons (Fsp3) is 0.350. The quantitative estimate of drug-likeness (QED) is 0.636. The second-order valence-electron chi connectivity index (χ2n) is 6.78. The van der Waals surface area contributed by atoms with Gasteiger partial charge in [0.15, 0.2) is 19.1 Å². The average Bonchev–Trinajstić information content (AvgIpc) is 3.10. The zero-order valence-electron chi connectivity index (χ0n) is 15.9. The van der Waals surface area contributed by atoms with Gasteiger partial charge in [0.25, 0.3) is 4.84 Å². The van der Waals surface area contributed by atoms with Crippen molar-refractivity contribution in [3.63, 3.8) is 0 Å². The molecule has 8 heteroatoms. The van der Waals surface area contributed by atoms with Crippen molar-refractivity contribution < 1.29 is 19.0 Å². The molecule has 0 aliphatic carbocycles. The molecule has 0 radical (unpaired) electrons. The third-order valence-corrected chi connectivity index (χ3v) is 5.22. The van der Waals surface area contributed by atoms with E-state index in [9.17, 15) is 0 Å². The fourth-order valence-electron chi connectivity index (χ4n) is 3.42. The van der Waals surface area contributed by atoms with Crippen LogP contribution < -0.4 is 19.5 Å². The maximum absolute atomic E-state index is 5.73. The lowest BCUT2D eigenvalue weighted by atomic mass is 10.2. The number of rotatable bonds is 6. The predicted octanol–water partition coefficient (Wildman–Crippen LogP) is 1.45. The van der Waals surface area contributed by atoms with E-state index in [2.05, 4.69) is 27.1 Å². The standard InChI is InChI=1S/C20H23N5O2S/c1-2-26-18-5-3-16(4-6-18)19-22-25(20(28)27-19)15-23-11-13-24(14-12-23)17-7-9-21-10-8-17/h3-10H,2,11-15H2,1H3/p+2. The second-order valence-corrected chi connectivity index (χ2v) is 7.13. The number of quaternary nitrogens is 1. The summed E-state index contributed by atoms with van der Waals surface area (Å²) >= 11 is 5.39. The number of nitrogens with one attached hydrogen (secondary N) is 2. The molecule has 0 spiro atoms. The number of benzene rings is 1. The number of ether oxygens (including phenoxy) is 1. The molecule has 0 saturated carbocycles. The van der Waals surface area contributed by atoms with E-state index in [1.54, 1.807) is 4.68 Å². The van der Waals surface area contributed by atoms with Gasteiger partial charge in [0.2, 0.25) is 5.89 Å². The highest BCUT2D eigenvalue weighted by Crippen LogP contribution is 2.21. The molecule has 1 fully saturated rings. The molecule has 1 saturated heterocycles. The maximum atomic E-state index is 5.73. The van der Waals surface area contributed by atoms with Crippen molar-refractivity contribution in [2.75, 3.05) is 37.7 Å². The van der Waals surface area contributed by atoms with E-state index < -0.39 is 0 Å². The van der Waals surface area contributed by atoms with Crippen LogP contribution in [0.5, 0.6) is 5.75 Å². The number of anilines is 1. The van der Waals surface area contributed by atoms with E-state index in [4.69, 9.17) is 21.4 Å². The topological polar surface area (TPSA) is 62.0 Å². The smallest absolute Gasteiger partial charge is 0.292 e. The summed E-state index contributed by atoms with van der Waals surface area (Å²) in [4.78, 5) is 7.34. The van der Waals surface area contributed by atoms with Gasteiger partial charge in [-0.05, 0) is 43.4 Å². The molecule has 28 heavy (non-hydrogen) atoms. The Labute approximate surface area is 169 Å². The number of aromatic nitrogens is 3. The van der Waals surface area contributed by atoms with Crippen LogP contribution in [0.4, 0.5) is 5.69 Å². The van der Waals surface area contributed by atoms with Gasteiger partial charge in [-0.1, -0.05) is 0 Å². The molecule has 1 aromatic carbocycles. The molecular weight excluding hydrogens is 374 g/mol. The first kappa shape index (κ1) is 18.6. The number of aromatic amines is 1. The fourth-order valence-corrected chi connectivity index (χ4v) is 3.61. The van der Waals surface area contributed by atoms with Crippen molar-refractivity contribution in [3.8, 4) is 17.2 Å². The SMILES string of the molecule is CCOc1ccc(-c2nn(C[NH+]3CCN(c4cc[nH+]cc4)CC3)c(=S)o2)cc1. The summed E-state index contributed by atoms with van der Waals surface area (Å²) in [5.41, 5.74) is 2.16. The number of hydrogen-bond acceptors (Lipinski definition) is 5. The Morgan fingerprint density at radius 2 is 1.86 bits per heavy atom. The molecule has 7 nitrogen and oxygen atoms in total. The molecule has 1 aliphatic heterocycles. The minimum Gasteiger partial charge on any atom is -0.494 e. The third-order valence-electron chi connectivity index (χ3n) is 4.93. The van der Waals surface area contributed by atoms with Crippen LogP contribution in [-0.4, -0.2) is 42.6 Å². The van der Waals surface area contributed by atoms with Gasteiger partial charge in [-0.3, -0.25) is 0 Å². The Kier molecular flexibility index (Phi) is 5.68. The molecule has 0 amide bonds. The highest BCUT2D eigenvalue weighted by atomic mass is 32.1. The lowest BCUT2D eigenvalue weighted by Crippen LogP contribution is -3.14. The Hall–Kier alpha value is -2.71. The molecule has 2 aromatic heterocycles. The van der Waals surface area contributed by atoms with E-state index in [0.717, 1.165) is 44.2 Å². The van der Waals surface area contributed by atoms with Crippen molar-refractivity contribution in [3.05, 3.63) is 53.6 Å². The molecule has 1 aliphatic rings. The number of pyridine rings is 1. The minimum atomic E-state index is 0.414. The van der Waals surface area contributed by atoms with Gasteiger partial charge in [0, 0.05) is 23.4 Å². The van der Waals surface area contributed by atoms with E-state index in [1.165, 1.54) is 10.6 Å². The summed E-state index contributed by atoms with van der Waals surface area (Å²) in [6.07, 6.45) is 3.93. The first-order chi connectivity index (χ1) is 13.7. The molecule has 3 heterocycles. The second kappa shape index (κ2) is 8.53. The van der Waals surface area contributed by atoms with Gasteiger partial charge in [-0.25, -0.2) is 4.98 Å². The van der Waals surface area contributed by atoms with Gasteiger partial charge >= 0.3 is 0 Å². The largest absolute Gasteiger partial charge is 0.494 e. The van der Waals surface area contributed by atoms with E-state index in [1.807, 2.05) is 43.6 Å². The zero-order chi connectivity index (χ0) is 19.3. The van der Waals surface area contributed by atoms with Crippen molar-refractivity contribution >= 4 is 17.9 Å². The molecule has 3 aromatic rings. The van der Waals surface area contributed by atoms with Gasteiger partial charge in [-0.15, -0.1) is 5.10 Å². The molecule has 0 unspecified atom stereocenters. The number of nitrogens with zero attached hydrogens (tertiary/aromatic N) is 3. The van der Waals surface area contributed by atoms with Crippen molar-refractivity contribution in [2.45, 2.75) is 13.6 Å². The predicted molar refractivity (Wildman–Crippen MR) is 108 cm³/mol. The molecule has 0 atom stereocenters. The van der Waals surface area contributed by atoms with Crippen LogP contribution in [-0.2, 0) is 6.67 Å². The zero-order valence-corrected chi connectivity index (χ0v) is 16.7. The summed E-state index contributed by atoms with van der Waals surface area (Å²) < 4.78 is 13.0. The normalized spacial score (nSPS) is 15.0. The van der Waals surface area contributed by atoms with Crippen LogP contribution in [0.1, 0.15) is 6.92 Å². The van der Waals surface area contributed by atoms with Gasteiger partial charge < -0.3 is 19.0 Å². The molecule has 2 N–H and O–H groups in total. The highest BCUT2D eigenvalue weighted by Gasteiger charge is 2.22. The monoisotopic (exact) mass is 399 g/mol. The van der Waals surface area contributed by atoms with Crippen molar-refractivity contribution in [2.24, 2.45) is 0 Å². The summed E-state index contributed by atoms with van der Waals surface area (Å²) in [5.74, 6) is 1.38. The van der Waals surface area contributed by atoms with E-state index in [-0.39, 0.29) is 0 Å². The minimum absolute atomic E-state index is 0.414.